The van der Waals surface area contributed by atoms with Crippen molar-refractivity contribution in [1.29, 1.82) is 0 Å². The predicted molar refractivity (Wildman–Crippen MR) is 104 cm³/mol. The van der Waals surface area contributed by atoms with Gasteiger partial charge in [0.25, 0.3) is 0 Å². The molecule has 30 heavy (non-hydrogen) atoms. The number of nitrogens with zero attached hydrogens (tertiary/aromatic N) is 2. The Morgan fingerprint density at radius 3 is 2.80 bits per heavy atom. The van der Waals surface area contributed by atoms with Gasteiger partial charge < -0.3 is 13.9 Å². The number of oxazole rings is 1. The van der Waals surface area contributed by atoms with Gasteiger partial charge in [0.05, 0.1) is 5.56 Å². The number of benzene rings is 2. The third kappa shape index (κ3) is 3.41. The Kier molecular flexibility index (Phi) is 4.47. The van der Waals surface area contributed by atoms with Crippen LogP contribution in [-0.2, 0) is 6.18 Å². The topological polar surface area (TPSA) is 47.7 Å². The zero-order chi connectivity index (χ0) is 20.9. The first-order valence-electron chi connectivity index (χ1n) is 9.69. The largest absolute Gasteiger partial charge is 0.484 e. The first kappa shape index (κ1) is 19.0. The fourth-order valence-corrected chi connectivity index (χ4v) is 3.90. The minimum atomic E-state index is -4.34. The minimum absolute atomic E-state index is 0.312. The van der Waals surface area contributed by atoms with Crippen molar-refractivity contribution >= 4 is 16.7 Å². The number of fused-ring (bicyclic) bond motifs is 3. The first-order valence-corrected chi connectivity index (χ1v) is 9.69. The molecule has 3 aromatic rings. The molecule has 2 aromatic carbocycles. The molecule has 0 saturated carbocycles. The lowest BCUT2D eigenvalue weighted by Crippen LogP contribution is -2.47. The van der Waals surface area contributed by atoms with Crippen molar-refractivity contribution in [3.63, 3.8) is 0 Å². The molecule has 0 saturated heterocycles. The molecular weight excluding hydrogens is 397 g/mol. The fraction of sp³-hybridized carbons (Fsp3) is 0.318. The van der Waals surface area contributed by atoms with E-state index in [1.807, 2.05) is 18.2 Å². The molecule has 0 bridgehead atoms. The summed E-state index contributed by atoms with van der Waals surface area (Å²) in [7, 11) is 0. The van der Waals surface area contributed by atoms with Crippen LogP contribution in [0, 0.1) is 6.92 Å². The van der Waals surface area contributed by atoms with Crippen LogP contribution in [0.5, 0.6) is 11.5 Å². The quantitative estimate of drug-likeness (QED) is 0.586. The van der Waals surface area contributed by atoms with Gasteiger partial charge in [-0.3, -0.25) is 4.90 Å². The molecule has 5 rings (SSSR count). The van der Waals surface area contributed by atoms with E-state index in [1.165, 1.54) is 12.1 Å². The highest BCUT2D eigenvalue weighted by Crippen LogP contribution is 2.40. The summed E-state index contributed by atoms with van der Waals surface area (Å²) in [5.74, 6) is 1.71. The van der Waals surface area contributed by atoms with Gasteiger partial charge >= 0.3 is 6.18 Å². The van der Waals surface area contributed by atoms with E-state index in [2.05, 4.69) is 9.88 Å². The van der Waals surface area contributed by atoms with Crippen LogP contribution in [0.1, 0.15) is 23.4 Å². The van der Waals surface area contributed by atoms with Crippen molar-refractivity contribution in [1.82, 2.24) is 9.88 Å². The Hall–Kier alpha value is -3.00. The average molecular weight is 416 g/mol. The van der Waals surface area contributed by atoms with Gasteiger partial charge in [0.2, 0.25) is 11.3 Å². The molecule has 156 valence electrons. The van der Waals surface area contributed by atoms with Crippen molar-refractivity contribution in [2.24, 2.45) is 0 Å². The summed E-state index contributed by atoms with van der Waals surface area (Å²) in [4.78, 5) is 6.42. The van der Waals surface area contributed by atoms with Crippen LogP contribution >= 0.6 is 0 Å². The Balaban J connectivity index is 1.34. The lowest BCUT2D eigenvalue weighted by Gasteiger charge is -2.36. The van der Waals surface area contributed by atoms with E-state index in [1.54, 1.807) is 13.0 Å². The number of aromatic nitrogens is 1. The molecule has 3 heterocycles. The van der Waals surface area contributed by atoms with Crippen molar-refractivity contribution < 1.29 is 27.1 Å². The van der Waals surface area contributed by atoms with Crippen molar-refractivity contribution in [3.05, 3.63) is 59.5 Å². The van der Waals surface area contributed by atoms with Gasteiger partial charge in [0.15, 0.2) is 17.9 Å². The minimum Gasteiger partial charge on any atom is -0.484 e. The standard InChI is InChI=1S/C22H19F3N2O3/c1-13-26-17-5-6-18-21(20(17)29-13)30-19(12-28-18)27-9-7-14(8-10-27)15-3-2-4-16(11-15)22(23,24)25/h2-7,11,19H,8-10,12H2,1H3. The second-order valence-corrected chi connectivity index (χ2v) is 7.41. The zero-order valence-electron chi connectivity index (χ0n) is 16.2. The first-order chi connectivity index (χ1) is 14.4. The molecule has 0 aliphatic carbocycles. The summed E-state index contributed by atoms with van der Waals surface area (Å²) in [6.07, 6.45) is -2.08. The van der Waals surface area contributed by atoms with E-state index in [9.17, 15) is 13.2 Å². The van der Waals surface area contributed by atoms with Crippen LogP contribution in [0.3, 0.4) is 0 Å². The van der Waals surface area contributed by atoms with Gasteiger partial charge in [0, 0.05) is 20.0 Å². The molecule has 0 fully saturated rings. The number of rotatable bonds is 2. The summed E-state index contributed by atoms with van der Waals surface area (Å²) in [5.41, 5.74) is 2.15. The average Bonchev–Trinajstić information content (AvgIpc) is 3.14. The van der Waals surface area contributed by atoms with Gasteiger partial charge in [-0.1, -0.05) is 18.2 Å². The Bertz CT molecular complexity index is 1140. The Morgan fingerprint density at radius 2 is 2.03 bits per heavy atom. The highest BCUT2D eigenvalue weighted by atomic mass is 19.4. The van der Waals surface area contributed by atoms with Crippen molar-refractivity contribution in [3.8, 4) is 11.5 Å². The zero-order valence-corrected chi connectivity index (χ0v) is 16.2. The van der Waals surface area contributed by atoms with Crippen LogP contribution in [0.2, 0.25) is 0 Å². The molecule has 1 aromatic heterocycles. The predicted octanol–water partition coefficient (Wildman–Crippen LogP) is 5.04. The highest BCUT2D eigenvalue weighted by molar-refractivity contribution is 5.83. The smallest absolute Gasteiger partial charge is 0.416 e. The van der Waals surface area contributed by atoms with Gasteiger partial charge in [-0.15, -0.1) is 0 Å². The van der Waals surface area contributed by atoms with Crippen LogP contribution < -0.4 is 9.47 Å². The molecule has 5 nitrogen and oxygen atoms in total. The van der Waals surface area contributed by atoms with E-state index in [0.717, 1.165) is 11.6 Å². The highest BCUT2D eigenvalue weighted by Gasteiger charge is 2.32. The number of alkyl halides is 3. The van der Waals surface area contributed by atoms with Gasteiger partial charge in [0.1, 0.15) is 12.1 Å². The molecule has 1 unspecified atom stereocenters. The molecule has 1 atom stereocenters. The third-order valence-electron chi connectivity index (χ3n) is 5.43. The van der Waals surface area contributed by atoms with Gasteiger partial charge in [-0.2, -0.15) is 13.2 Å². The van der Waals surface area contributed by atoms with Gasteiger partial charge in [-0.05, 0) is 41.8 Å². The Labute approximate surface area is 170 Å². The van der Waals surface area contributed by atoms with Gasteiger partial charge in [-0.25, -0.2) is 4.98 Å². The number of hydrogen-bond acceptors (Lipinski definition) is 5. The number of aryl methyl sites for hydroxylation is 1. The lowest BCUT2D eigenvalue weighted by molar-refractivity contribution is -0.137. The van der Waals surface area contributed by atoms with E-state index in [0.29, 0.717) is 60.2 Å². The molecule has 0 radical (unpaired) electrons. The summed E-state index contributed by atoms with van der Waals surface area (Å²) in [6, 6.07) is 9.12. The molecule has 2 aliphatic rings. The molecular formula is C22H19F3N2O3. The van der Waals surface area contributed by atoms with Crippen molar-refractivity contribution in [2.75, 3.05) is 19.7 Å². The molecule has 2 aliphatic heterocycles. The van der Waals surface area contributed by atoms with E-state index in [4.69, 9.17) is 13.9 Å². The summed E-state index contributed by atoms with van der Waals surface area (Å²) in [6.45, 7) is 3.34. The van der Waals surface area contributed by atoms with E-state index in [-0.39, 0.29) is 6.23 Å². The molecule has 8 heteroatoms. The molecule has 0 spiro atoms. The molecule has 0 amide bonds. The van der Waals surface area contributed by atoms with Crippen molar-refractivity contribution in [2.45, 2.75) is 25.7 Å². The van der Waals surface area contributed by atoms with Crippen LogP contribution in [0.4, 0.5) is 13.2 Å². The number of hydrogen-bond donors (Lipinski definition) is 0. The second-order valence-electron chi connectivity index (χ2n) is 7.41. The Morgan fingerprint density at radius 1 is 1.17 bits per heavy atom. The number of ether oxygens (including phenoxy) is 2. The lowest BCUT2D eigenvalue weighted by atomic mass is 9.97. The number of halogens is 3. The maximum atomic E-state index is 13.0. The maximum absolute atomic E-state index is 13.0. The normalized spacial score (nSPS) is 19.7. The van der Waals surface area contributed by atoms with E-state index >= 15 is 0 Å². The monoisotopic (exact) mass is 416 g/mol. The molecule has 0 N–H and O–H groups in total. The van der Waals surface area contributed by atoms with Crippen LogP contribution in [0.15, 0.2) is 46.9 Å². The van der Waals surface area contributed by atoms with Crippen LogP contribution in [0.25, 0.3) is 16.7 Å². The van der Waals surface area contributed by atoms with Crippen LogP contribution in [-0.4, -0.2) is 35.8 Å². The van der Waals surface area contributed by atoms with E-state index < -0.39 is 11.7 Å². The summed E-state index contributed by atoms with van der Waals surface area (Å²) in [5, 5.41) is 0. The second kappa shape index (κ2) is 7.05. The SMILES string of the molecule is Cc1nc2ccc3c(c2o1)OC(N1CC=C(c2cccc(C(F)(F)F)c2)CC1)CO3. The fourth-order valence-electron chi connectivity index (χ4n) is 3.90. The summed E-state index contributed by atoms with van der Waals surface area (Å²) >= 11 is 0. The maximum Gasteiger partial charge on any atom is 0.416 e. The summed E-state index contributed by atoms with van der Waals surface area (Å²) < 4.78 is 56.8. The third-order valence-corrected chi connectivity index (χ3v) is 5.43.